The maximum atomic E-state index is 12.8. The molecule has 160 valence electrons. The van der Waals surface area contributed by atoms with Crippen LogP contribution in [0.3, 0.4) is 0 Å². The molecule has 2 aliphatic heterocycles. The summed E-state index contributed by atoms with van der Waals surface area (Å²) >= 11 is 0. The van der Waals surface area contributed by atoms with E-state index in [0.717, 1.165) is 37.4 Å². The molecule has 6 nitrogen and oxygen atoms in total. The summed E-state index contributed by atoms with van der Waals surface area (Å²) in [7, 11) is 2.20. The van der Waals surface area contributed by atoms with Crippen LogP contribution in [0.25, 0.3) is 0 Å². The predicted molar refractivity (Wildman–Crippen MR) is 113 cm³/mol. The minimum Gasteiger partial charge on any atom is -0.504 e. The SMILES string of the molecule is C/C=C/C=C/C(=O)O.CN1CC[C@]23c4c5ccc(O)c4O[C@@]2(C)C(=O)CC[C@H]3[C@H]1C5. The smallest absolute Gasteiger partial charge is 0.328 e. The molecule has 30 heavy (non-hydrogen) atoms. The number of likely N-dealkylation sites (N-methyl/N-ethyl adjacent to an activating group) is 1. The highest BCUT2D eigenvalue weighted by molar-refractivity contribution is 5.93. The number of carbonyl (C=O) groups is 2. The second-order valence-corrected chi connectivity index (χ2v) is 8.85. The monoisotopic (exact) mass is 411 g/mol. The number of phenolic OH excluding ortho intramolecular Hbond substituents is 1. The van der Waals surface area contributed by atoms with Gasteiger partial charge in [-0.3, -0.25) is 4.79 Å². The number of nitrogens with zero attached hydrogens (tertiary/aromatic N) is 1. The Morgan fingerprint density at radius 3 is 2.80 bits per heavy atom. The van der Waals surface area contributed by atoms with Gasteiger partial charge in [0.25, 0.3) is 0 Å². The summed E-state index contributed by atoms with van der Waals surface area (Å²) in [5.41, 5.74) is 1.38. The number of benzene rings is 1. The Labute approximate surface area is 176 Å². The lowest BCUT2D eigenvalue weighted by Crippen LogP contribution is -2.70. The van der Waals surface area contributed by atoms with Crippen LogP contribution in [-0.2, 0) is 21.4 Å². The number of aromatic hydroxyl groups is 1. The number of carbonyl (C=O) groups excluding carboxylic acids is 1. The first kappa shape index (κ1) is 20.7. The number of likely N-dealkylation sites (tertiary alicyclic amines) is 1. The third kappa shape index (κ3) is 2.73. The topological polar surface area (TPSA) is 87.1 Å². The van der Waals surface area contributed by atoms with Gasteiger partial charge in [-0.2, -0.15) is 0 Å². The van der Waals surface area contributed by atoms with Crippen molar-refractivity contribution in [1.82, 2.24) is 4.90 Å². The summed E-state index contributed by atoms with van der Waals surface area (Å²) in [4.78, 5) is 25.0. The number of phenols is 1. The molecule has 2 N–H and O–H groups in total. The molecule has 0 radical (unpaired) electrons. The van der Waals surface area contributed by atoms with Crippen molar-refractivity contribution < 1.29 is 24.5 Å². The summed E-state index contributed by atoms with van der Waals surface area (Å²) in [6.07, 6.45) is 9.46. The van der Waals surface area contributed by atoms with Gasteiger partial charge in [-0.05, 0) is 64.3 Å². The van der Waals surface area contributed by atoms with Crippen molar-refractivity contribution in [3.05, 3.63) is 47.6 Å². The van der Waals surface area contributed by atoms with Gasteiger partial charge in [0.1, 0.15) is 0 Å². The molecule has 1 aromatic carbocycles. The number of ketones is 1. The number of ether oxygens (including phenoxy) is 1. The first-order chi connectivity index (χ1) is 14.3. The summed E-state index contributed by atoms with van der Waals surface area (Å²) in [5.74, 6) is 0.513. The zero-order valence-electron chi connectivity index (χ0n) is 17.7. The van der Waals surface area contributed by atoms with E-state index in [4.69, 9.17) is 9.84 Å². The summed E-state index contributed by atoms with van der Waals surface area (Å²) in [6.45, 7) is 4.78. The second-order valence-electron chi connectivity index (χ2n) is 8.85. The number of aliphatic carboxylic acids is 1. The van der Waals surface area contributed by atoms with E-state index >= 15 is 0 Å². The fraction of sp³-hybridized carbons (Fsp3) is 0.500. The number of Topliss-reactive ketones (excluding diaryl/α,β-unsaturated/α-hetero) is 1. The molecule has 4 aliphatic rings. The van der Waals surface area contributed by atoms with Crippen LogP contribution in [0.2, 0.25) is 0 Å². The van der Waals surface area contributed by atoms with Crippen molar-refractivity contribution in [2.24, 2.45) is 5.92 Å². The fourth-order valence-corrected chi connectivity index (χ4v) is 6.19. The number of rotatable bonds is 2. The van der Waals surface area contributed by atoms with Crippen molar-refractivity contribution >= 4 is 11.8 Å². The third-order valence-electron chi connectivity index (χ3n) is 7.54. The molecule has 4 atom stereocenters. The molecule has 2 heterocycles. The second kappa shape index (κ2) is 7.27. The lowest BCUT2D eigenvalue weighted by molar-refractivity contribution is -0.153. The van der Waals surface area contributed by atoms with E-state index in [0.29, 0.717) is 24.1 Å². The standard InChI is InChI=1S/C18H21NO3.C6H8O2/c1-17-14(21)6-4-11-12-9-10-3-5-13(20)16(22-17)15(10)18(11,17)7-8-19(12)2;1-2-3-4-5-6(7)8/h3,5,11-12,20H,4,6-9H2,1-2H3;2-5H,1H3,(H,7,8)/b;3-2+,5-4+/t11-,12+,17-,18-;/m0./s1. The van der Waals surface area contributed by atoms with E-state index in [1.807, 2.05) is 19.9 Å². The number of allylic oxidation sites excluding steroid dienone is 3. The van der Waals surface area contributed by atoms with Crippen LogP contribution in [0, 0.1) is 5.92 Å². The minimum atomic E-state index is -0.914. The van der Waals surface area contributed by atoms with Crippen molar-refractivity contribution in [3.63, 3.8) is 0 Å². The Hall–Kier alpha value is -2.60. The summed E-state index contributed by atoms with van der Waals surface area (Å²) in [6, 6.07) is 4.24. The Morgan fingerprint density at radius 2 is 2.10 bits per heavy atom. The van der Waals surface area contributed by atoms with Crippen LogP contribution in [0.5, 0.6) is 11.5 Å². The number of hydrogen-bond acceptors (Lipinski definition) is 5. The highest BCUT2D eigenvalue weighted by Gasteiger charge is 2.71. The van der Waals surface area contributed by atoms with Gasteiger partial charge in [0.2, 0.25) is 0 Å². The average molecular weight is 411 g/mol. The van der Waals surface area contributed by atoms with E-state index in [9.17, 15) is 14.7 Å². The van der Waals surface area contributed by atoms with Crippen molar-refractivity contribution in [2.75, 3.05) is 13.6 Å². The van der Waals surface area contributed by atoms with Gasteiger partial charge in [0, 0.05) is 24.1 Å². The van der Waals surface area contributed by atoms with E-state index in [1.54, 1.807) is 18.2 Å². The Bertz CT molecular complexity index is 951. The molecule has 1 saturated carbocycles. The average Bonchev–Trinajstić information content (AvgIpc) is 2.99. The van der Waals surface area contributed by atoms with Crippen LogP contribution in [0.1, 0.15) is 44.2 Å². The highest BCUT2D eigenvalue weighted by atomic mass is 16.5. The Kier molecular flexibility index (Phi) is 5.01. The van der Waals surface area contributed by atoms with Crippen LogP contribution >= 0.6 is 0 Å². The van der Waals surface area contributed by atoms with Gasteiger partial charge in [0.05, 0.1) is 5.41 Å². The zero-order chi connectivity index (χ0) is 21.7. The highest BCUT2D eigenvalue weighted by Crippen LogP contribution is 2.66. The Balaban J connectivity index is 0.000000235. The zero-order valence-corrected chi connectivity index (χ0v) is 17.7. The third-order valence-corrected chi connectivity index (χ3v) is 7.54. The van der Waals surface area contributed by atoms with Gasteiger partial charge in [-0.25, -0.2) is 4.79 Å². The molecule has 0 unspecified atom stereocenters. The maximum absolute atomic E-state index is 12.8. The molecular weight excluding hydrogens is 382 g/mol. The van der Waals surface area contributed by atoms with E-state index in [2.05, 4.69) is 11.9 Å². The molecule has 6 heteroatoms. The molecule has 0 amide bonds. The molecule has 5 rings (SSSR count). The number of piperidine rings is 1. The molecule has 1 spiro atoms. The molecule has 1 saturated heterocycles. The summed E-state index contributed by atoms with van der Waals surface area (Å²) < 4.78 is 6.23. The molecule has 2 fully saturated rings. The van der Waals surface area contributed by atoms with Gasteiger partial charge in [-0.1, -0.05) is 24.3 Å². The molecule has 1 aromatic rings. The van der Waals surface area contributed by atoms with Gasteiger partial charge >= 0.3 is 5.97 Å². The van der Waals surface area contributed by atoms with E-state index in [-0.39, 0.29) is 16.9 Å². The maximum Gasteiger partial charge on any atom is 0.328 e. The van der Waals surface area contributed by atoms with Crippen LogP contribution in [0.15, 0.2) is 36.4 Å². The fourth-order valence-electron chi connectivity index (χ4n) is 6.19. The van der Waals surface area contributed by atoms with E-state index in [1.165, 1.54) is 11.6 Å². The lowest BCUT2D eigenvalue weighted by Gasteiger charge is -2.60. The lowest BCUT2D eigenvalue weighted by atomic mass is 9.47. The minimum absolute atomic E-state index is 0.188. The van der Waals surface area contributed by atoms with Crippen molar-refractivity contribution in [3.8, 4) is 11.5 Å². The van der Waals surface area contributed by atoms with Crippen molar-refractivity contribution in [2.45, 2.75) is 56.6 Å². The Morgan fingerprint density at radius 1 is 1.33 bits per heavy atom. The first-order valence-electron chi connectivity index (χ1n) is 10.6. The summed E-state index contributed by atoms with van der Waals surface area (Å²) in [5, 5.41) is 18.3. The quantitative estimate of drug-likeness (QED) is 0.574. The number of hydrogen-bond donors (Lipinski definition) is 2. The van der Waals surface area contributed by atoms with Gasteiger partial charge in [0.15, 0.2) is 22.9 Å². The molecule has 2 aliphatic carbocycles. The largest absolute Gasteiger partial charge is 0.504 e. The number of carboxylic acids is 1. The number of carboxylic acid groups (broad SMARTS) is 1. The van der Waals surface area contributed by atoms with Crippen LogP contribution in [0.4, 0.5) is 0 Å². The first-order valence-corrected chi connectivity index (χ1v) is 10.6. The molecule has 0 aromatic heterocycles. The van der Waals surface area contributed by atoms with E-state index < -0.39 is 11.6 Å². The van der Waals surface area contributed by atoms with Crippen molar-refractivity contribution in [1.29, 1.82) is 0 Å². The van der Waals surface area contributed by atoms with Crippen LogP contribution < -0.4 is 4.74 Å². The van der Waals surface area contributed by atoms with Gasteiger partial charge in [-0.15, -0.1) is 0 Å². The predicted octanol–water partition coefficient (Wildman–Crippen LogP) is 3.22. The van der Waals surface area contributed by atoms with Gasteiger partial charge < -0.3 is 19.8 Å². The molecular formula is C24H29NO5. The van der Waals surface area contributed by atoms with Crippen LogP contribution in [-0.4, -0.2) is 52.1 Å². The normalized spacial score (nSPS) is 33.8. The molecule has 2 bridgehead atoms.